The third-order valence-corrected chi connectivity index (χ3v) is 7.95. The topological polar surface area (TPSA) is 99.9 Å². The van der Waals surface area contributed by atoms with Crippen molar-refractivity contribution in [3.8, 4) is 17.6 Å². The van der Waals surface area contributed by atoms with E-state index in [1.165, 1.54) is 31.4 Å². The molecular formula is C24H25ClFN3O5S. The quantitative estimate of drug-likeness (QED) is 0.598. The Labute approximate surface area is 208 Å². The van der Waals surface area contributed by atoms with Crippen LogP contribution in [-0.2, 0) is 21.2 Å². The van der Waals surface area contributed by atoms with E-state index < -0.39 is 21.5 Å². The van der Waals surface area contributed by atoms with E-state index in [4.69, 9.17) is 21.1 Å². The average molecular weight is 522 g/mol. The van der Waals surface area contributed by atoms with E-state index in [2.05, 4.69) is 6.07 Å². The van der Waals surface area contributed by atoms with Crippen LogP contribution in [0.1, 0.15) is 18.4 Å². The van der Waals surface area contributed by atoms with Crippen LogP contribution in [0, 0.1) is 22.6 Å². The van der Waals surface area contributed by atoms with E-state index in [1.807, 2.05) is 0 Å². The maximum Gasteiger partial charge on any atom is 0.265 e. The molecule has 2 aromatic rings. The van der Waals surface area contributed by atoms with E-state index >= 15 is 0 Å². The Morgan fingerprint density at radius 3 is 2.51 bits per heavy atom. The molecule has 0 radical (unpaired) electrons. The van der Waals surface area contributed by atoms with Gasteiger partial charge in [0, 0.05) is 19.2 Å². The molecule has 2 heterocycles. The van der Waals surface area contributed by atoms with Gasteiger partial charge in [0.1, 0.15) is 17.3 Å². The van der Waals surface area contributed by atoms with Gasteiger partial charge in [0.05, 0.1) is 42.1 Å². The number of piperidine rings is 1. The number of anilines is 1. The lowest BCUT2D eigenvalue weighted by Gasteiger charge is -2.40. The van der Waals surface area contributed by atoms with Crippen LogP contribution in [0.15, 0.2) is 36.4 Å². The van der Waals surface area contributed by atoms with Gasteiger partial charge in [-0.25, -0.2) is 12.8 Å². The number of carbonyl (C=O) groups excluding carboxylic acids is 1. The number of hydrogen-bond acceptors (Lipinski definition) is 6. The van der Waals surface area contributed by atoms with Crippen LogP contribution in [-0.4, -0.2) is 58.3 Å². The first-order chi connectivity index (χ1) is 16.5. The van der Waals surface area contributed by atoms with Crippen LogP contribution in [0.5, 0.6) is 11.5 Å². The number of ether oxygens (including phenoxy) is 2. The lowest BCUT2D eigenvalue weighted by atomic mass is 9.75. The van der Waals surface area contributed by atoms with Crippen LogP contribution >= 0.6 is 11.6 Å². The monoisotopic (exact) mass is 521 g/mol. The summed E-state index contributed by atoms with van der Waals surface area (Å²) in [7, 11) is -2.29. The number of nitrogens with zero attached hydrogens (tertiary/aromatic N) is 3. The fraction of sp³-hybridized carbons (Fsp3) is 0.417. The Balaban J connectivity index is 1.51. The molecule has 0 saturated carbocycles. The largest absolute Gasteiger partial charge is 0.495 e. The van der Waals surface area contributed by atoms with E-state index in [1.54, 1.807) is 17.0 Å². The summed E-state index contributed by atoms with van der Waals surface area (Å²) in [4.78, 5) is 15.0. The molecule has 0 aromatic heterocycles. The Morgan fingerprint density at radius 1 is 1.29 bits per heavy atom. The first-order valence-corrected chi connectivity index (χ1v) is 13.2. The SMILES string of the molecule is COc1cc2c(cc1Cl)N(S(C)(=O)=O)CC(C(=O)N1CCC(C#N)(Cc3ccc(F)cc3)CC1)O2. The fourth-order valence-corrected chi connectivity index (χ4v) is 5.67. The van der Waals surface area contributed by atoms with Gasteiger partial charge in [0.2, 0.25) is 10.0 Å². The highest BCUT2D eigenvalue weighted by Gasteiger charge is 2.41. The molecule has 1 amide bonds. The highest BCUT2D eigenvalue weighted by Crippen LogP contribution is 2.42. The number of halogens is 2. The van der Waals surface area contributed by atoms with Crippen molar-refractivity contribution in [1.29, 1.82) is 5.26 Å². The Bertz CT molecular complexity index is 1270. The second kappa shape index (κ2) is 9.55. The van der Waals surface area contributed by atoms with Gasteiger partial charge in [-0.1, -0.05) is 23.7 Å². The fourth-order valence-electron chi connectivity index (χ4n) is 4.53. The highest BCUT2D eigenvalue weighted by molar-refractivity contribution is 7.92. The van der Waals surface area contributed by atoms with Crippen LogP contribution in [0.3, 0.4) is 0 Å². The second-order valence-electron chi connectivity index (χ2n) is 8.88. The van der Waals surface area contributed by atoms with Crippen LogP contribution in [0.4, 0.5) is 10.1 Å². The summed E-state index contributed by atoms with van der Waals surface area (Å²) in [6.07, 6.45) is 1.33. The van der Waals surface area contributed by atoms with E-state index in [0.717, 1.165) is 16.1 Å². The third-order valence-electron chi connectivity index (χ3n) is 6.50. The van der Waals surface area contributed by atoms with Crippen LogP contribution in [0.2, 0.25) is 5.02 Å². The molecule has 186 valence electrons. The number of carbonyl (C=O) groups is 1. The third kappa shape index (κ3) is 5.16. The summed E-state index contributed by atoms with van der Waals surface area (Å²) in [5, 5.41) is 10.1. The number of fused-ring (bicyclic) bond motifs is 1. The molecule has 1 atom stereocenters. The zero-order chi connectivity index (χ0) is 25.4. The summed E-state index contributed by atoms with van der Waals surface area (Å²) < 4.78 is 50.5. The number of likely N-dealkylation sites (tertiary alicyclic amines) is 1. The number of hydrogen-bond donors (Lipinski definition) is 0. The van der Waals surface area contributed by atoms with Crippen molar-refractivity contribution in [2.45, 2.75) is 25.4 Å². The van der Waals surface area contributed by atoms with Crippen molar-refractivity contribution in [3.05, 3.63) is 52.8 Å². The number of methoxy groups -OCH3 is 1. The van der Waals surface area contributed by atoms with Crippen molar-refractivity contribution >= 4 is 33.2 Å². The minimum atomic E-state index is -3.72. The van der Waals surface area contributed by atoms with Crippen molar-refractivity contribution in [1.82, 2.24) is 4.90 Å². The van der Waals surface area contributed by atoms with Gasteiger partial charge < -0.3 is 14.4 Å². The smallest absolute Gasteiger partial charge is 0.265 e. The molecule has 1 saturated heterocycles. The summed E-state index contributed by atoms with van der Waals surface area (Å²) >= 11 is 6.18. The molecule has 1 unspecified atom stereocenters. The van der Waals surface area contributed by atoms with E-state index in [0.29, 0.717) is 38.1 Å². The minimum Gasteiger partial charge on any atom is -0.495 e. The lowest BCUT2D eigenvalue weighted by Crippen LogP contribution is -2.54. The summed E-state index contributed by atoms with van der Waals surface area (Å²) in [5.41, 5.74) is 0.428. The van der Waals surface area contributed by atoms with Gasteiger partial charge in [-0.3, -0.25) is 9.10 Å². The maximum atomic E-state index is 13.3. The van der Waals surface area contributed by atoms with Crippen molar-refractivity contribution in [3.63, 3.8) is 0 Å². The zero-order valence-corrected chi connectivity index (χ0v) is 20.9. The predicted molar refractivity (Wildman–Crippen MR) is 129 cm³/mol. The summed E-state index contributed by atoms with van der Waals surface area (Å²) in [6.45, 7) is 0.453. The van der Waals surface area contributed by atoms with Crippen molar-refractivity contribution < 1.29 is 27.1 Å². The number of amides is 1. The van der Waals surface area contributed by atoms with Gasteiger partial charge in [0.25, 0.3) is 5.91 Å². The molecule has 0 spiro atoms. The van der Waals surface area contributed by atoms with Crippen molar-refractivity contribution in [2.24, 2.45) is 5.41 Å². The summed E-state index contributed by atoms with van der Waals surface area (Å²) in [6, 6.07) is 11.4. The Morgan fingerprint density at radius 2 is 1.94 bits per heavy atom. The van der Waals surface area contributed by atoms with Gasteiger partial charge >= 0.3 is 0 Å². The molecule has 2 aliphatic rings. The normalized spacial score (nSPS) is 19.3. The van der Waals surface area contributed by atoms with E-state index in [-0.39, 0.29) is 34.7 Å². The number of sulfonamides is 1. The first kappa shape index (κ1) is 25.1. The summed E-state index contributed by atoms with van der Waals surface area (Å²) in [5.74, 6) is -0.214. The number of rotatable bonds is 5. The molecule has 1 fully saturated rings. The van der Waals surface area contributed by atoms with Gasteiger partial charge in [-0.15, -0.1) is 0 Å². The molecule has 2 aromatic carbocycles. The predicted octanol–water partition coefficient (Wildman–Crippen LogP) is 3.39. The molecule has 11 heteroatoms. The Kier molecular flexibility index (Phi) is 6.84. The average Bonchev–Trinajstić information content (AvgIpc) is 2.84. The second-order valence-corrected chi connectivity index (χ2v) is 11.2. The van der Waals surface area contributed by atoms with Gasteiger partial charge in [-0.05, 0) is 43.0 Å². The molecule has 0 N–H and O–H groups in total. The lowest BCUT2D eigenvalue weighted by molar-refractivity contribution is -0.140. The molecule has 35 heavy (non-hydrogen) atoms. The Hall–Kier alpha value is -3.03. The van der Waals surface area contributed by atoms with Crippen LogP contribution < -0.4 is 13.8 Å². The van der Waals surface area contributed by atoms with Crippen LogP contribution in [0.25, 0.3) is 0 Å². The molecular weight excluding hydrogens is 497 g/mol. The molecule has 4 rings (SSSR count). The number of nitriles is 1. The molecule has 0 aliphatic carbocycles. The van der Waals surface area contributed by atoms with E-state index in [9.17, 15) is 22.9 Å². The standard InChI is InChI=1S/C24H25ClFN3O5S/c1-33-20-12-21-19(11-18(20)25)29(35(2,31)32)14-22(34-21)23(30)28-9-7-24(15-27,8-10-28)13-16-3-5-17(26)6-4-16/h3-6,11-12,22H,7-10,13-14H2,1-2H3. The maximum absolute atomic E-state index is 13.3. The highest BCUT2D eigenvalue weighted by atomic mass is 35.5. The molecule has 2 aliphatic heterocycles. The van der Waals surface area contributed by atoms with Gasteiger partial charge in [-0.2, -0.15) is 5.26 Å². The minimum absolute atomic E-state index is 0.181. The zero-order valence-electron chi connectivity index (χ0n) is 19.3. The van der Waals surface area contributed by atoms with Gasteiger partial charge in [0.15, 0.2) is 6.10 Å². The number of benzene rings is 2. The first-order valence-electron chi connectivity index (χ1n) is 11.0. The molecule has 8 nitrogen and oxygen atoms in total. The van der Waals surface area contributed by atoms with Crippen molar-refractivity contribution in [2.75, 3.05) is 37.3 Å². The molecule has 0 bridgehead atoms.